The number of unbranched alkanes of at least 4 members (excludes halogenated alkanes) is 1. The third-order valence-electron chi connectivity index (χ3n) is 3.95. The Morgan fingerprint density at radius 1 is 1.04 bits per heavy atom. The molecule has 2 atom stereocenters. The van der Waals surface area contributed by atoms with Gasteiger partial charge in [0.1, 0.15) is 0 Å². The van der Waals surface area contributed by atoms with E-state index in [1.807, 2.05) is 19.1 Å². The fourth-order valence-electron chi connectivity index (χ4n) is 2.61. The first-order chi connectivity index (χ1) is 11.4. The summed E-state index contributed by atoms with van der Waals surface area (Å²) in [4.78, 5) is 4.32. The lowest BCUT2D eigenvalue weighted by Crippen LogP contribution is -2.14. The van der Waals surface area contributed by atoms with Gasteiger partial charge in [-0.15, -0.1) is 0 Å². The van der Waals surface area contributed by atoms with E-state index in [9.17, 15) is 12.6 Å². The van der Waals surface area contributed by atoms with Crippen molar-refractivity contribution in [1.82, 2.24) is 4.98 Å². The van der Waals surface area contributed by atoms with Gasteiger partial charge in [0.2, 0.25) is 0 Å². The lowest BCUT2D eigenvalue weighted by atomic mass is 10.1. The highest BCUT2D eigenvalue weighted by atomic mass is 32.2. The monoisotopic (exact) mass is 365 g/mol. The SMILES string of the molecule is Cc1ccc(S(=O)(=O)C(CCCCS(C)=O)c2ccncc2)cc1. The summed E-state index contributed by atoms with van der Waals surface area (Å²) < 4.78 is 37.4. The van der Waals surface area contributed by atoms with E-state index in [0.29, 0.717) is 17.1 Å². The maximum atomic E-state index is 13.1. The summed E-state index contributed by atoms with van der Waals surface area (Å²) in [5.41, 5.74) is 1.78. The Bertz CT molecular complexity index is 772. The van der Waals surface area contributed by atoms with Crippen LogP contribution in [-0.4, -0.2) is 29.6 Å². The second-order valence-corrected chi connectivity index (χ2v) is 9.59. The van der Waals surface area contributed by atoms with Crippen LogP contribution < -0.4 is 0 Å². The maximum absolute atomic E-state index is 13.1. The van der Waals surface area contributed by atoms with E-state index >= 15 is 0 Å². The fourth-order valence-corrected chi connectivity index (χ4v) is 5.05. The number of rotatable bonds is 8. The number of nitrogens with zero attached hydrogens (tertiary/aromatic N) is 1. The molecule has 0 aliphatic rings. The van der Waals surface area contributed by atoms with E-state index < -0.39 is 25.9 Å². The predicted octanol–water partition coefficient (Wildman–Crippen LogP) is 3.45. The lowest BCUT2D eigenvalue weighted by molar-refractivity contribution is 0.568. The molecule has 130 valence electrons. The van der Waals surface area contributed by atoms with E-state index in [2.05, 4.69) is 4.98 Å². The molecular weight excluding hydrogens is 342 g/mol. The fraction of sp³-hybridized carbons (Fsp3) is 0.389. The molecule has 2 aromatic rings. The molecule has 2 unspecified atom stereocenters. The topological polar surface area (TPSA) is 64.1 Å². The summed E-state index contributed by atoms with van der Waals surface area (Å²) in [5, 5.41) is -0.603. The number of hydrogen-bond acceptors (Lipinski definition) is 4. The van der Waals surface area contributed by atoms with Crippen LogP contribution in [0.15, 0.2) is 53.7 Å². The molecular formula is C18H23NO3S2. The Hall–Kier alpha value is -1.53. The van der Waals surface area contributed by atoms with Gasteiger partial charge in [0.05, 0.1) is 10.1 Å². The molecule has 6 heteroatoms. The van der Waals surface area contributed by atoms with Crippen molar-refractivity contribution in [3.05, 3.63) is 59.9 Å². The Labute approximate surface area is 146 Å². The van der Waals surface area contributed by atoms with Crippen molar-refractivity contribution in [2.24, 2.45) is 0 Å². The predicted molar refractivity (Wildman–Crippen MR) is 98.1 cm³/mol. The van der Waals surface area contributed by atoms with Crippen molar-refractivity contribution in [3.8, 4) is 0 Å². The largest absolute Gasteiger partial charge is 0.265 e. The molecule has 2 rings (SSSR count). The van der Waals surface area contributed by atoms with Gasteiger partial charge in [-0.3, -0.25) is 9.19 Å². The van der Waals surface area contributed by atoms with Gasteiger partial charge in [-0.25, -0.2) is 8.42 Å². The number of benzene rings is 1. The zero-order chi connectivity index (χ0) is 17.6. The van der Waals surface area contributed by atoms with Gasteiger partial charge in [-0.2, -0.15) is 0 Å². The Balaban J connectivity index is 2.27. The van der Waals surface area contributed by atoms with Crippen LogP contribution in [0, 0.1) is 6.92 Å². The molecule has 0 bridgehead atoms. The van der Waals surface area contributed by atoms with E-state index in [1.54, 1.807) is 42.9 Å². The third-order valence-corrected chi connectivity index (χ3v) is 7.00. The molecule has 0 N–H and O–H groups in total. The summed E-state index contributed by atoms with van der Waals surface area (Å²) in [6.45, 7) is 1.93. The lowest BCUT2D eigenvalue weighted by Gasteiger charge is -2.18. The highest BCUT2D eigenvalue weighted by Gasteiger charge is 2.28. The first-order valence-electron chi connectivity index (χ1n) is 7.92. The van der Waals surface area contributed by atoms with Gasteiger partial charge in [0.25, 0.3) is 0 Å². The number of aryl methyl sites for hydroxylation is 1. The Morgan fingerprint density at radius 3 is 2.25 bits per heavy atom. The molecule has 24 heavy (non-hydrogen) atoms. The van der Waals surface area contributed by atoms with Gasteiger partial charge in [-0.1, -0.05) is 24.1 Å². The van der Waals surface area contributed by atoms with Gasteiger partial charge in [0, 0.05) is 35.2 Å². The van der Waals surface area contributed by atoms with Crippen LogP contribution in [0.4, 0.5) is 0 Å². The standard InChI is InChI=1S/C18H23NO3S2/c1-15-6-8-17(9-7-15)24(21,22)18(5-3-4-14-23(2)20)16-10-12-19-13-11-16/h6-13,18H,3-5,14H2,1-2H3. The van der Waals surface area contributed by atoms with Crippen LogP contribution in [0.3, 0.4) is 0 Å². The first-order valence-corrected chi connectivity index (χ1v) is 11.2. The van der Waals surface area contributed by atoms with Gasteiger partial charge < -0.3 is 0 Å². The summed E-state index contributed by atoms with van der Waals surface area (Å²) in [6, 6.07) is 10.5. The average Bonchev–Trinajstić information content (AvgIpc) is 2.55. The van der Waals surface area contributed by atoms with Crippen molar-refractivity contribution in [2.45, 2.75) is 36.3 Å². The zero-order valence-electron chi connectivity index (χ0n) is 14.0. The summed E-state index contributed by atoms with van der Waals surface area (Å²) in [5.74, 6) is 0.605. The van der Waals surface area contributed by atoms with E-state index in [-0.39, 0.29) is 0 Å². The zero-order valence-corrected chi connectivity index (χ0v) is 15.6. The smallest absolute Gasteiger partial charge is 0.185 e. The van der Waals surface area contributed by atoms with E-state index in [1.165, 1.54) is 0 Å². The molecule has 1 aromatic heterocycles. The van der Waals surface area contributed by atoms with Crippen LogP contribution in [0.5, 0.6) is 0 Å². The quantitative estimate of drug-likeness (QED) is 0.672. The highest BCUT2D eigenvalue weighted by molar-refractivity contribution is 7.91. The van der Waals surface area contributed by atoms with Gasteiger partial charge in [-0.05, 0) is 49.6 Å². The van der Waals surface area contributed by atoms with Crippen molar-refractivity contribution < 1.29 is 12.6 Å². The second kappa shape index (κ2) is 8.53. The maximum Gasteiger partial charge on any atom is 0.185 e. The molecule has 0 amide bonds. The molecule has 0 aliphatic heterocycles. The van der Waals surface area contributed by atoms with E-state index in [0.717, 1.165) is 24.0 Å². The highest BCUT2D eigenvalue weighted by Crippen LogP contribution is 2.33. The third kappa shape index (κ3) is 4.98. The molecule has 1 aromatic carbocycles. The Kier molecular flexibility index (Phi) is 6.69. The second-order valence-electron chi connectivity index (χ2n) is 5.90. The van der Waals surface area contributed by atoms with Crippen molar-refractivity contribution in [2.75, 3.05) is 12.0 Å². The molecule has 0 saturated carbocycles. The first kappa shape index (κ1) is 18.8. The molecule has 0 radical (unpaired) electrons. The number of hydrogen-bond donors (Lipinski definition) is 0. The number of sulfone groups is 1. The van der Waals surface area contributed by atoms with Crippen molar-refractivity contribution in [3.63, 3.8) is 0 Å². The number of aromatic nitrogens is 1. The van der Waals surface area contributed by atoms with Gasteiger partial charge in [0.15, 0.2) is 9.84 Å². The summed E-state index contributed by atoms with van der Waals surface area (Å²) in [7, 11) is -4.32. The summed E-state index contributed by atoms with van der Waals surface area (Å²) >= 11 is 0. The van der Waals surface area contributed by atoms with Crippen LogP contribution in [0.2, 0.25) is 0 Å². The van der Waals surface area contributed by atoms with Crippen LogP contribution in [0.1, 0.15) is 35.6 Å². The van der Waals surface area contributed by atoms with Crippen molar-refractivity contribution in [1.29, 1.82) is 0 Å². The van der Waals surface area contributed by atoms with E-state index in [4.69, 9.17) is 0 Å². The summed E-state index contributed by atoms with van der Waals surface area (Å²) in [6.07, 6.45) is 6.90. The molecule has 4 nitrogen and oxygen atoms in total. The average molecular weight is 366 g/mol. The molecule has 0 spiro atoms. The molecule has 0 fully saturated rings. The molecule has 0 aliphatic carbocycles. The molecule has 1 heterocycles. The van der Waals surface area contributed by atoms with Crippen molar-refractivity contribution >= 4 is 20.6 Å². The Morgan fingerprint density at radius 2 is 1.67 bits per heavy atom. The molecule has 0 saturated heterocycles. The number of pyridine rings is 1. The minimum atomic E-state index is -3.48. The van der Waals surface area contributed by atoms with Crippen LogP contribution in [0.25, 0.3) is 0 Å². The van der Waals surface area contributed by atoms with Crippen LogP contribution >= 0.6 is 0 Å². The van der Waals surface area contributed by atoms with Gasteiger partial charge >= 0.3 is 0 Å². The minimum absolute atomic E-state index is 0.342. The minimum Gasteiger partial charge on any atom is -0.265 e. The van der Waals surface area contributed by atoms with Crippen LogP contribution in [-0.2, 0) is 20.6 Å². The normalized spacial score (nSPS) is 14.2.